The predicted octanol–water partition coefficient (Wildman–Crippen LogP) is 1.32. The van der Waals surface area contributed by atoms with E-state index < -0.39 is 10.0 Å². The Hall–Kier alpha value is -0.910. The van der Waals surface area contributed by atoms with Crippen LogP contribution in [-0.4, -0.2) is 33.8 Å². The summed E-state index contributed by atoms with van der Waals surface area (Å²) in [5.74, 6) is 1.46. The topological polar surface area (TPSA) is 58.2 Å². The van der Waals surface area contributed by atoms with Crippen LogP contribution >= 0.6 is 0 Å². The molecule has 1 aromatic carbocycles. The third kappa shape index (κ3) is 3.30. The van der Waals surface area contributed by atoms with Crippen LogP contribution < -0.4 is 10.0 Å². The van der Waals surface area contributed by atoms with Gasteiger partial charge in [0.2, 0.25) is 10.0 Å². The first-order chi connectivity index (χ1) is 10.1. The summed E-state index contributed by atoms with van der Waals surface area (Å²) in [6.07, 6.45) is 4.77. The van der Waals surface area contributed by atoms with Gasteiger partial charge >= 0.3 is 0 Å². The molecule has 0 heterocycles. The van der Waals surface area contributed by atoms with Crippen molar-refractivity contribution in [1.29, 1.82) is 0 Å². The van der Waals surface area contributed by atoms with Crippen molar-refractivity contribution >= 4 is 10.0 Å². The van der Waals surface area contributed by atoms with Crippen LogP contribution in [-0.2, 0) is 22.9 Å². The summed E-state index contributed by atoms with van der Waals surface area (Å²) in [6.45, 7) is 0.539. The van der Waals surface area contributed by atoms with Gasteiger partial charge in [-0.25, -0.2) is 13.1 Å². The van der Waals surface area contributed by atoms with E-state index >= 15 is 0 Å². The van der Waals surface area contributed by atoms with E-state index in [1.807, 2.05) is 0 Å². The van der Waals surface area contributed by atoms with Crippen molar-refractivity contribution in [3.05, 3.63) is 35.4 Å². The fourth-order valence-corrected chi connectivity index (χ4v) is 4.54. The standard InChI is InChI=1S/C16H24N2O2S/c1-17-21(19,20)9-8-18-16-14-6-7-15(16)11-13-5-3-2-4-12(13)10-14/h2-5,14-18H,6-11H2,1H3. The van der Waals surface area contributed by atoms with Crippen molar-refractivity contribution in [2.24, 2.45) is 11.8 Å². The molecule has 1 saturated carbocycles. The van der Waals surface area contributed by atoms with E-state index in [1.54, 1.807) is 0 Å². The van der Waals surface area contributed by atoms with Gasteiger partial charge < -0.3 is 5.32 Å². The summed E-state index contributed by atoms with van der Waals surface area (Å²) in [4.78, 5) is 0. The maximum atomic E-state index is 11.5. The molecule has 2 N–H and O–H groups in total. The molecule has 0 amide bonds. The van der Waals surface area contributed by atoms with Gasteiger partial charge in [0, 0.05) is 12.6 Å². The number of fused-ring (bicyclic) bond motifs is 3. The molecule has 2 atom stereocenters. The van der Waals surface area contributed by atoms with Crippen molar-refractivity contribution in [3.63, 3.8) is 0 Å². The van der Waals surface area contributed by atoms with Crippen LogP contribution in [0.2, 0.25) is 0 Å². The third-order valence-electron chi connectivity index (χ3n) is 5.07. The number of nitrogens with one attached hydrogen (secondary N) is 2. The van der Waals surface area contributed by atoms with Crippen molar-refractivity contribution in [3.8, 4) is 0 Å². The minimum absolute atomic E-state index is 0.159. The van der Waals surface area contributed by atoms with Gasteiger partial charge in [-0.15, -0.1) is 0 Å². The summed E-state index contributed by atoms with van der Waals surface area (Å²) in [7, 11) is -1.64. The Morgan fingerprint density at radius 1 is 1.10 bits per heavy atom. The van der Waals surface area contributed by atoms with Crippen LogP contribution in [0.15, 0.2) is 24.3 Å². The molecule has 21 heavy (non-hydrogen) atoms. The van der Waals surface area contributed by atoms with E-state index in [0.29, 0.717) is 24.4 Å². The molecule has 0 radical (unpaired) electrons. The van der Waals surface area contributed by atoms with Crippen LogP contribution in [0, 0.1) is 11.8 Å². The van der Waals surface area contributed by atoms with Gasteiger partial charge in [0.15, 0.2) is 0 Å². The number of hydrogen-bond acceptors (Lipinski definition) is 3. The van der Waals surface area contributed by atoms with E-state index in [0.717, 1.165) is 12.8 Å². The molecule has 0 spiro atoms. The van der Waals surface area contributed by atoms with Crippen molar-refractivity contribution < 1.29 is 8.42 Å². The van der Waals surface area contributed by atoms with Crippen molar-refractivity contribution in [2.75, 3.05) is 19.3 Å². The number of benzene rings is 1. The summed E-state index contributed by atoms with van der Waals surface area (Å²) in [5, 5.41) is 3.53. The zero-order valence-electron chi connectivity index (χ0n) is 12.5. The molecule has 3 rings (SSSR count). The fourth-order valence-electron chi connectivity index (χ4n) is 3.95. The van der Waals surface area contributed by atoms with Gasteiger partial charge in [-0.2, -0.15) is 0 Å². The minimum atomic E-state index is -3.11. The highest BCUT2D eigenvalue weighted by Crippen LogP contribution is 2.39. The van der Waals surface area contributed by atoms with Gasteiger partial charge in [0.1, 0.15) is 0 Å². The fraction of sp³-hybridized carbons (Fsp3) is 0.625. The Balaban J connectivity index is 1.66. The second-order valence-electron chi connectivity index (χ2n) is 6.28. The lowest BCUT2D eigenvalue weighted by atomic mass is 9.94. The Morgan fingerprint density at radius 2 is 1.67 bits per heavy atom. The molecule has 5 heteroatoms. The lowest BCUT2D eigenvalue weighted by molar-refractivity contribution is 0.349. The van der Waals surface area contributed by atoms with Crippen molar-refractivity contribution in [2.45, 2.75) is 31.7 Å². The van der Waals surface area contributed by atoms with Crippen LogP contribution in [0.5, 0.6) is 0 Å². The van der Waals surface area contributed by atoms with Gasteiger partial charge in [-0.3, -0.25) is 0 Å². The molecule has 1 fully saturated rings. The van der Waals surface area contributed by atoms with E-state index in [4.69, 9.17) is 0 Å². The molecular weight excluding hydrogens is 284 g/mol. The molecular formula is C16H24N2O2S. The Labute approximate surface area is 127 Å². The lowest BCUT2D eigenvalue weighted by Crippen LogP contribution is -2.41. The molecule has 2 aliphatic carbocycles. The Morgan fingerprint density at radius 3 is 2.19 bits per heavy atom. The maximum absolute atomic E-state index is 11.5. The molecule has 116 valence electrons. The predicted molar refractivity (Wildman–Crippen MR) is 84.7 cm³/mol. The number of hydrogen-bond donors (Lipinski definition) is 2. The zero-order valence-corrected chi connectivity index (χ0v) is 13.3. The number of rotatable bonds is 5. The minimum Gasteiger partial charge on any atom is -0.312 e. The first-order valence-corrected chi connectivity index (χ1v) is 9.45. The van der Waals surface area contributed by atoms with E-state index in [9.17, 15) is 8.42 Å². The quantitative estimate of drug-likeness (QED) is 0.862. The van der Waals surface area contributed by atoms with Crippen LogP contribution in [0.3, 0.4) is 0 Å². The highest BCUT2D eigenvalue weighted by Gasteiger charge is 2.38. The highest BCUT2D eigenvalue weighted by molar-refractivity contribution is 7.89. The molecule has 0 aliphatic heterocycles. The second-order valence-corrected chi connectivity index (χ2v) is 8.32. The monoisotopic (exact) mass is 308 g/mol. The summed E-state index contributed by atoms with van der Waals surface area (Å²) < 4.78 is 25.4. The summed E-state index contributed by atoms with van der Waals surface area (Å²) in [5.41, 5.74) is 2.97. The molecule has 0 aromatic heterocycles. The normalized spacial score (nSPS) is 28.1. The van der Waals surface area contributed by atoms with Gasteiger partial charge in [0.25, 0.3) is 0 Å². The lowest BCUT2D eigenvalue weighted by Gasteiger charge is -2.23. The molecule has 2 aliphatic rings. The van der Waals surface area contributed by atoms with E-state index in [2.05, 4.69) is 34.3 Å². The molecule has 0 saturated heterocycles. The SMILES string of the molecule is CNS(=O)(=O)CCNC1C2CCC1Cc1ccccc1C2. The maximum Gasteiger partial charge on any atom is 0.212 e. The smallest absolute Gasteiger partial charge is 0.212 e. The third-order valence-corrected chi connectivity index (χ3v) is 6.43. The van der Waals surface area contributed by atoms with Crippen LogP contribution in [0.25, 0.3) is 0 Å². The average molecular weight is 308 g/mol. The van der Waals surface area contributed by atoms with Crippen molar-refractivity contribution in [1.82, 2.24) is 10.0 Å². The molecule has 1 aromatic rings. The Bertz CT molecular complexity index is 567. The van der Waals surface area contributed by atoms with Crippen LogP contribution in [0.4, 0.5) is 0 Å². The molecule has 2 unspecified atom stereocenters. The van der Waals surface area contributed by atoms with Gasteiger partial charge in [0.05, 0.1) is 5.75 Å². The highest BCUT2D eigenvalue weighted by atomic mass is 32.2. The largest absolute Gasteiger partial charge is 0.312 e. The van der Waals surface area contributed by atoms with Gasteiger partial charge in [-0.1, -0.05) is 24.3 Å². The zero-order chi connectivity index (χ0) is 14.9. The summed E-state index contributed by atoms with van der Waals surface area (Å²) >= 11 is 0. The number of sulfonamides is 1. The average Bonchev–Trinajstić information content (AvgIpc) is 2.74. The van der Waals surface area contributed by atoms with E-state index in [1.165, 1.54) is 31.0 Å². The van der Waals surface area contributed by atoms with Gasteiger partial charge in [-0.05, 0) is 55.7 Å². The Kier molecular flexibility index (Phi) is 4.33. The first kappa shape index (κ1) is 15.0. The van der Waals surface area contributed by atoms with E-state index in [-0.39, 0.29) is 5.75 Å². The molecule has 2 bridgehead atoms. The second kappa shape index (κ2) is 6.07. The van der Waals surface area contributed by atoms with Crippen LogP contribution in [0.1, 0.15) is 24.0 Å². The summed E-state index contributed by atoms with van der Waals surface area (Å²) in [6, 6.07) is 9.21. The molecule has 4 nitrogen and oxygen atoms in total. The first-order valence-electron chi connectivity index (χ1n) is 7.80.